The Morgan fingerprint density at radius 1 is 0.943 bits per heavy atom. The van der Waals surface area contributed by atoms with Crippen LogP contribution >= 0.6 is 0 Å². The molecule has 3 N–H and O–H groups in total. The van der Waals surface area contributed by atoms with Gasteiger partial charge in [-0.15, -0.1) is 0 Å². The maximum absolute atomic E-state index is 12.7. The van der Waals surface area contributed by atoms with Gasteiger partial charge in [-0.25, -0.2) is 4.79 Å². The zero-order valence-electron chi connectivity index (χ0n) is 20.3. The van der Waals surface area contributed by atoms with Crippen LogP contribution in [0.15, 0.2) is 48.5 Å². The predicted molar refractivity (Wildman–Crippen MR) is 132 cm³/mol. The van der Waals surface area contributed by atoms with Crippen LogP contribution in [0, 0.1) is 5.92 Å². The van der Waals surface area contributed by atoms with Crippen molar-refractivity contribution >= 4 is 18.0 Å². The summed E-state index contributed by atoms with van der Waals surface area (Å²) in [5, 5.41) is 14.5. The van der Waals surface area contributed by atoms with Crippen LogP contribution in [0.5, 0.6) is 0 Å². The van der Waals surface area contributed by atoms with E-state index in [1.165, 1.54) is 0 Å². The first kappa shape index (κ1) is 26.2. The predicted octanol–water partition coefficient (Wildman–Crippen LogP) is 3.94. The van der Waals surface area contributed by atoms with Gasteiger partial charge in [0.2, 0.25) is 5.91 Å². The molecule has 0 bridgehead atoms. The summed E-state index contributed by atoms with van der Waals surface area (Å²) < 4.78 is 10.9. The monoisotopic (exact) mass is 482 g/mol. The highest BCUT2D eigenvalue weighted by Crippen LogP contribution is 2.44. The lowest BCUT2D eigenvalue weighted by Gasteiger charge is -2.20. The van der Waals surface area contributed by atoms with E-state index >= 15 is 0 Å². The van der Waals surface area contributed by atoms with Gasteiger partial charge in [0.05, 0.1) is 18.4 Å². The van der Waals surface area contributed by atoms with Gasteiger partial charge in [0, 0.05) is 25.6 Å². The molecule has 2 aromatic rings. The number of fused-ring (bicyclic) bond motifs is 3. The number of nitrogens with one attached hydrogen (secondary N) is 2. The molecule has 2 amide bonds. The molecule has 188 valence electrons. The van der Waals surface area contributed by atoms with Crippen molar-refractivity contribution in [2.75, 3.05) is 26.3 Å². The van der Waals surface area contributed by atoms with E-state index in [0.717, 1.165) is 28.7 Å². The molecule has 0 saturated heterocycles. The van der Waals surface area contributed by atoms with E-state index < -0.39 is 24.1 Å². The molecule has 1 aliphatic rings. The van der Waals surface area contributed by atoms with E-state index in [0.29, 0.717) is 13.0 Å². The molecule has 0 fully saturated rings. The van der Waals surface area contributed by atoms with E-state index in [-0.39, 0.29) is 37.9 Å². The van der Waals surface area contributed by atoms with Crippen molar-refractivity contribution in [3.05, 3.63) is 59.7 Å². The van der Waals surface area contributed by atoms with Crippen LogP contribution < -0.4 is 10.6 Å². The molecular formula is C27H34N2O6. The molecule has 2 unspecified atom stereocenters. The number of aliphatic carboxylic acids is 1. The van der Waals surface area contributed by atoms with Crippen molar-refractivity contribution < 1.29 is 29.0 Å². The first-order valence-corrected chi connectivity index (χ1v) is 12.1. The average molecular weight is 483 g/mol. The number of carboxylic acid groups (broad SMARTS) is 1. The van der Waals surface area contributed by atoms with Crippen molar-refractivity contribution in [2.45, 2.75) is 45.1 Å². The second-order valence-electron chi connectivity index (χ2n) is 8.61. The Hall–Kier alpha value is -3.39. The number of carbonyl (C=O) groups is 3. The fraction of sp³-hybridized carbons (Fsp3) is 0.444. The third kappa shape index (κ3) is 7.05. The Balaban J connectivity index is 1.52. The van der Waals surface area contributed by atoms with E-state index in [4.69, 9.17) is 14.6 Å². The first-order chi connectivity index (χ1) is 16.9. The highest BCUT2D eigenvalue weighted by Gasteiger charge is 2.29. The quantitative estimate of drug-likeness (QED) is 0.399. The molecule has 0 spiro atoms. The second-order valence-corrected chi connectivity index (χ2v) is 8.61. The van der Waals surface area contributed by atoms with Crippen molar-refractivity contribution in [3.63, 3.8) is 0 Å². The molecule has 0 heterocycles. The summed E-state index contributed by atoms with van der Waals surface area (Å²) in [4.78, 5) is 36.1. The maximum atomic E-state index is 12.7. The Morgan fingerprint density at radius 3 is 2.14 bits per heavy atom. The van der Waals surface area contributed by atoms with Crippen LogP contribution in [-0.2, 0) is 19.1 Å². The topological polar surface area (TPSA) is 114 Å². The molecule has 0 aliphatic heterocycles. The fourth-order valence-corrected chi connectivity index (χ4v) is 4.51. The van der Waals surface area contributed by atoms with E-state index in [1.807, 2.05) is 31.2 Å². The highest BCUT2D eigenvalue weighted by atomic mass is 16.5. The third-order valence-electron chi connectivity index (χ3n) is 6.15. The Labute approximate surface area is 206 Å². The molecule has 1 aliphatic carbocycles. The number of carboxylic acids is 1. The molecule has 0 radical (unpaired) electrons. The minimum atomic E-state index is -0.986. The summed E-state index contributed by atoms with van der Waals surface area (Å²) in [5.74, 6) is -1.72. The zero-order chi connectivity index (χ0) is 25.2. The number of carbonyl (C=O) groups excluding carboxylic acids is 2. The van der Waals surface area contributed by atoms with Crippen molar-refractivity contribution in [3.8, 4) is 11.1 Å². The molecule has 8 heteroatoms. The largest absolute Gasteiger partial charge is 0.481 e. The smallest absolute Gasteiger partial charge is 0.407 e. The third-order valence-corrected chi connectivity index (χ3v) is 6.15. The van der Waals surface area contributed by atoms with Crippen molar-refractivity contribution in [1.29, 1.82) is 0 Å². The van der Waals surface area contributed by atoms with Gasteiger partial charge in [-0.2, -0.15) is 0 Å². The van der Waals surface area contributed by atoms with Crippen LogP contribution in [0.1, 0.15) is 50.2 Å². The summed E-state index contributed by atoms with van der Waals surface area (Å²) in [6.07, 6.45) is -0.0232. The number of amides is 2. The average Bonchev–Trinajstić information content (AvgIpc) is 3.17. The molecule has 3 rings (SSSR count). The maximum Gasteiger partial charge on any atom is 0.407 e. The lowest BCUT2D eigenvalue weighted by atomic mass is 9.98. The second kappa shape index (κ2) is 12.9. The summed E-state index contributed by atoms with van der Waals surface area (Å²) in [5.41, 5.74) is 4.58. The minimum absolute atomic E-state index is 0.0346. The number of hydrogen-bond donors (Lipinski definition) is 3. The van der Waals surface area contributed by atoms with Gasteiger partial charge in [-0.3, -0.25) is 9.59 Å². The van der Waals surface area contributed by atoms with Gasteiger partial charge >= 0.3 is 12.1 Å². The Bertz CT molecular complexity index is 979. The number of hydrogen-bond acceptors (Lipinski definition) is 5. The van der Waals surface area contributed by atoms with Gasteiger partial charge in [0.25, 0.3) is 0 Å². The highest BCUT2D eigenvalue weighted by molar-refractivity contribution is 5.80. The van der Waals surface area contributed by atoms with Gasteiger partial charge in [-0.1, -0.05) is 61.9 Å². The normalized spacial score (nSPS) is 13.9. The van der Waals surface area contributed by atoms with Gasteiger partial charge in [0.1, 0.15) is 6.61 Å². The number of benzene rings is 2. The van der Waals surface area contributed by atoms with Crippen molar-refractivity contribution in [2.24, 2.45) is 5.92 Å². The molecule has 2 atom stereocenters. The lowest BCUT2D eigenvalue weighted by Crippen LogP contribution is -2.42. The van der Waals surface area contributed by atoms with Gasteiger partial charge < -0.3 is 25.2 Å². The standard InChI is InChI=1S/C27H34N2O6/c1-3-9-18(26(32)28-16-19(34-4-2)14-25(30)31)15-29-27(33)35-17-24-22-12-7-5-10-20(22)21-11-6-8-13-23(21)24/h5-8,10-13,18-19,24H,3-4,9,14-17H2,1-2H3,(H,28,32)(H,29,33)(H,30,31). The zero-order valence-corrected chi connectivity index (χ0v) is 20.3. The molecular weight excluding hydrogens is 448 g/mol. The van der Waals surface area contributed by atoms with E-state index in [9.17, 15) is 14.4 Å². The molecule has 35 heavy (non-hydrogen) atoms. The summed E-state index contributed by atoms with van der Waals surface area (Å²) in [6, 6.07) is 16.2. The molecule has 2 aromatic carbocycles. The van der Waals surface area contributed by atoms with E-state index in [1.54, 1.807) is 6.92 Å². The van der Waals surface area contributed by atoms with Crippen LogP contribution in [0.2, 0.25) is 0 Å². The molecule has 0 saturated carbocycles. The van der Waals surface area contributed by atoms with Crippen LogP contribution in [-0.4, -0.2) is 55.5 Å². The fourth-order valence-electron chi connectivity index (χ4n) is 4.51. The number of alkyl carbamates (subject to hydrolysis) is 1. The molecule has 8 nitrogen and oxygen atoms in total. The van der Waals surface area contributed by atoms with Crippen LogP contribution in [0.4, 0.5) is 4.79 Å². The number of ether oxygens (including phenoxy) is 2. The minimum Gasteiger partial charge on any atom is -0.481 e. The van der Waals surface area contributed by atoms with Crippen LogP contribution in [0.3, 0.4) is 0 Å². The SMILES string of the molecule is CCCC(CNC(=O)OCC1c2ccccc2-c2ccccc21)C(=O)NCC(CC(=O)O)OCC. The van der Waals surface area contributed by atoms with Gasteiger partial charge in [0.15, 0.2) is 0 Å². The lowest BCUT2D eigenvalue weighted by molar-refractivity contribution is -0.140. The Kier molecular flexibility index (Phi) is 9.66. The van der Waals surface area contributed by atoms with Crippen molar-refractivity contribution in [1.82, 2.24) is 10.6 Å². The number of rotatable bonds is 13. The summed E-state index contributed by atoms with van der Waals surface area (Å²) >= 11 is 0. The first-order valence-electron chi connectivity index (χ1n) is 12.1. The summed E-state index contributed by atoms with van der Waals surface area (Å²) in [7, 11) is 0. The Morgan fingerprint density at radius 2 is 1.57 bits per heavy atom. The van der Waals surface area contributed by atoms with Crippen LogP contribution in [0.25, 0.3) is 11.1 Å². The van der Waals surface area contributed by atoms with E-state index in [2.05, 4.69) is 34.9 Å². The molecule has 0 aromatic heterocycles. The van der Waals surface area contributed by atoms with Gasteiger partial charge in [-0.05, 0) is 35.6 Å². The summed E-state index contributed by atoms with van der Waals surface area (Å²) in [6.45, 7) is 4.53.